The molecule has 14 heavy (non-hydrogen) atoms. The molecule has 0 amide bonds. The van der Waals surface area contributed by atoms with Gasteiger partial charge in [0.1, 0.15) is 0 Å². The van der Waals surface area contributed by atoms with Crippen LogP contribution in [0.4, 0.5) is 4.39 Å². The van der Waals surface area contributed by atoms with Crippen LogP contribution < -0.4 is 4.74 Å². The number of benzene rings is 1. The first-order valence-corrected chi connectivity index (χ1v) is 4.54. The quantitative estimate of drug-likeness (QED) is 0.618. The zero-order chi connectivity index (χ0) is 10.6. The molecular weight excluding hydrogens is 253 g/mol. The Balaban J connectivity index is 3.21. The molecule has 0 heterocycles. The molecule has 0 saturated carbocycles. The molecule has 0 fully saturated rings. The SMILES string of the molecule is COc1c(F)ccc(Br)c1CN=C=O. The molecule has 0 spiro atoms. The Hall–Kier alpha value is -1.19. The first-order valence-electron chi connectivity index (χ1n) is 3.75. The van der Waals surface area contributed by atoms with Gasteiger partial charge in [0.25, 0.3) is 0 Å². The maximum absolute atomic E-state index is 13.2. The molecule has 3 nitrogen and oxygen atoms in total. The summed E-state index contributed by atoms with van der Waals surface area (Å²) in [6.45, 7) is 0.0466. The molecule has 1 aromatic rings. The van der Waals surface area contributed by atoms with Gasteiger partial charge in [-0.3, -0.25) is 0 Å². The molecule has 0 aliphatic heterocycles. The molecule has 1 rings (SSSR count). The maximum atomic E-state index is 13.2. The fourth-order valence-electron chi connectivity index (χ4n) is 1.05. The average Bonchev–Trinajstić information content (AvgIpc) is 2.19. The third-order valence-electron chi connectivity index (χ3n) is 1.66. The minimum absolute atomic E-state index is 0.0466. The molecule has 0 atom stereocenters. The molecule has 0 aromatic heterocycles. The molecule has 0 aliphatic rings. The molecule has 0 saturated heterocycles. The number of ether oxygens (including phenoxy) is 1. The van der Waals surface area contributed by atoms with Crippen LogP contribution in [0.25, 0.3) is 0 Å². The highest BCUT2D eigenvalue weighted by atomic mass is 79.9. The summed E-state index contributed by atoms with van der Waals surface area (Å²) in [7, 11) is 1.36. The van der Waals surface area contributed by atoms with Gasteiger partial charge in [0.05, 0.1) is 13.7 Å². The Morgan fingerprint density at radius 1 is 1.64 bits per heavy atom. The highest BCUT2D eigenvalue weighted by molar-refractivity contribution is 9.10. The number of isocyanates is 1. The van der Waals surface area contributed by atoms with Gasteiger partial charge in [-0.25, -0.2) is 14.2 Å². The van der Waals surface area contributed by atoms with Crippen molar-refractivity contribution in [1.29, 1.82) is 0 Å². The largest absolute Gasteiger partial charge is 0.493 e. The maximum Gasteiger partial charge on any atom is 0.235 e. The summed E-state index contributed by atoms with van der Waals surface area (Å²) in [5.41, 5.74) is 0.496. The average molecular weight is 260 g/mol. The van der Waals surface area contributed by atoms with Crippen molar-refractivity contribution in [1.82, 2.24) is 0 Å². The van der Waals surface area contributed by atoms with E-state index in [-0.39, 0.29) is 12.3 Å². The normalized spacial score (nSPS) is 9.36. The van der Waals surface area contributed by atoms with Gasteiger partial charge in [-0.05, 0) is 12.1 Å². The number of rotatable bonds is 3. The number of halogens is 2. The van der Waals surface area contributed by atoms with Crippen molar-refractivity contribution in [2.24, 2.45) is 4.99 Å². The Morgan fingerprint density at radius 2 is 2.36 bits per heavy atom. The number of hydrogen-bond acceptors (Lipinski definition) is 3. The monoisotopic (exact) mass is 259 g/mol. The van der Waals surface area contributed by atoms with E-state index in [9.17, 15) is 9.18 Å². The summed E-state index contributed by atoms with van der Waals surface area (Å²) in [6.07, 6.45) is 1.39. The standard InChI is InChI=1S/C9H7BrFNO2/c1-14-9-6(4-12-5-13)7(10)2-3-8(9)11/h2-3H,4H2,1H3. The lowest BCUT2D eigenvalue weighted by Crippen LogP contribution is -1.95. The number of nitrogens with zero attached hydrogens (tertiary/aromatic N) is 1. The third-order valence-corrected chi connectivity index (χ3v) is 2.40. The molecule has 74 valence electrons. The minimum Gasteiger partial charge on any atom is -0.493 e. The zero-order valence-corrected chi connectivity index (χ0v) is 8.97. The van der Waals surface area contributed by atoms with Crippen molar-refractivity contribution < 1.29 is 13.9 Å². The summed E-state index contributed by atoms with van der Waals surface area (Å²) in [4.78, 5) is 13.3. The van der Waals surface area contributed by atoms with Crippen LogP contribution in [0.2, 0.25) is 0 Å². The van der Waals surface area contributed by atoms with Gasteiger partial charge >= 0.3 is 0 Å². The zero-order valence-electron chi connectivity index (χ0n) is 7.38. The summed E-state index contributed by atoms with van der Waals surface area (Å²) in [5, 5.41) is 0. The van der Waals surface area contributed by atoms with Crippen LogP contribution in [0.1, 0.15) is 5.56 Å². The van der Waals surface area contributed by atoms with E-state index in [0.717, 1.165) is 0 Å². The minimum atomic E-state index is -0.480. The van der Waals surface area contributed by atoms with E-state index >= 15 is 0 Å². The molecule has 0 radical (unpaired) electrons. The van der Waals surface area contributed by atoms with Crippen molar-refractivity contribution in [3.05, 3.63) is 28.0 Å². The second kappa shape index (κ2) is 4.88. The number of carbonyl (C=O) groups excluding carboxylic acids is 1. The van der Waals surface area contributed by atoms with Crippen LogP contribution in [0.5, 0.6) is 5.75 Å². The van der Waals surface area contributed by atoms with Crippen molar-refractivity contribution in [3.8, 4) is 5.75 Å². The van der Waals surface area contributed by atoms with E-state index < -0.39 is 5.82 Å². The molecule has 0 N–H and O–H groups in total. The fraction of sp³-hybridized carbons (Fsp3) is 0.222. The summed E-state index contributed by atoms with van der Waals surface area (Å²) >= 11 is 3.22. The van der Waals surface area contributed by atoms with Crippen molar-refractivity contribution in [3.63, 3.8) is 0 Å². The van der Waals surface area contributed by atoms with Crippen LogP contribution in [0.3, 0.4) is 0 Å². The molecule has 0 aliphatic carbocycles. The predicted octanol–water partition coefficient (Wildman–Crippen LogP) is 2.43. The topological polar surface area (TPSA) is 38.7 Å². The van der Waals surface area contributed by atoms with Gasteiger partial charge in [-0.2, -0.15) is 0 Å². The second-order valence-electron chi connectivity index (χ2n) is 2.45. The highest BCUT2D eigenvalue weighted by Crippen LogP contribution is 2.30. The molecular formula is C9H7BrFNO2. The highest BCUT2D eigenvalue weighted by Gasteiger charge is 2.12. The predicted molar refractivity (Wildman–Crippen MR) is 52.5 cm³/mol. The van der Waals surface area contributed by atoms with Gasteiger partial charge in [0.2, 0.25) is 6.08 Å². The van der Waals surface area contributed by atoms with Gasteiger partial charge < -0.3 is 4.74 Å². The molecule has 0 unspecified atom stereocenters. The van der Waals surface area contributed by atoms with Crippen LogP contribution in [-0.2, 0) is 11.3 Å². The Morgan fingerprint density at radius 3 is 2.93 bits per heavy atom. The molecule has 0 bridgehead atoms. The Bertz CT molecular complexity index is 389. The summed E-state index contributed by atoms with van der Waals surface area (Å²) in [6, 6.07) is 2.81. The summed E-state index contributed by atoms with van der Waals surface area (Å²) < 4.78 is 18.7. The van der Waals surface area contributed by atoms with Crippen LogP contribution in [0, 0.1) is 5.82 Å². The van der Waals surface area contributed by atoms with E-state index in [1.54, 1.807) is 0 Å². The van der Waals surface area contributed by atoms with Gasteiger partial charge in [0.15, 0.2) is 11.6 Å². The number of hydrogen-bond donors (Lipinski definition) is 0. The van der Waals surface area contributed by atoms with Gasteiger partial charge in [-0.15, -0.1) is 0 Å². The van der Waals surface area contributed by atoms with E-state index in [1.165, 1.54) is 25.3 Å². The lowest BCUT2D eigenvalue weighted by Gasteiger charge is -2.08. The number of methoxy groups -OCH3 is 1. The number of aliphatic imine (C=N–C) groups is 1. The Labute approximate surface area is 88.7 Å². The lowest BCUT2D eigenvalue weighted by atomic mass is 10.2. The van der Waals surface area contributed by atoms with E-state index in [0.29, 0.717) is 10.0 Å². The van der Waals surface area contributed by atoms with Gasteiger partial charge in [0, 0.05) is 10.0 Å². The van der Waals surface area contributed by atoms with Crippen molar-refractivity contribution in [2.75, 3.05) is 7.11 Å². The van der Waals surface area contributed by atoms with Crippen LogP contribution in [0.15, 0.2) is 21.6 Å². The van der Waals surface area contributed by atoms with E-state index in [2.05, 4.69) is 20.9 Å². The Kier molecular flexibility index (Phi) is 3.80. The smallest absolute Gasteiger partial charge is 0.235 e. The van der Waals surface area contributed by atoms with E-state index in [4.69, 9.17) is 4.74 Å². The fourth-order valence-corrected chi connectivity index (χ4v) is 1.49. The lowest BCUT2D eigenvalue weighted by molar-refractivity contribution is 0.381. The van der Waals surface area contributed by atoms with Crippen LogP contribution >= 0.6 is 15.9 Å². The second-order valence-corrected chi connectivity index (χ2v) is 3.30. The third kappa shape index (κ3) is 2.19. The first kappa shape index (κ1) is 10.9. The summed E-state index contributed by atoms with van der Waals surface area (Å²) in [5.74, 6) is -0.384. The first-order chi connectivity index (χ1) is 6.70. The molecule has 5 heteroatoms. The van der Waals surface area contributed by atoms with Crippen molar-refractivity contribution in [2.45, 2.75) is 6.54 Å². The van der Waals surface area contributed by atoms with Gasteiger partial charge in [-0.1, -0.05) is 15.9 Å². The van der Waals surface area contributed by atoms with Crippen molar-refractivity contribution >= 4 is 22.0 Å². The van der Waals surface area contributed by atoms with E-state index in [1.807, 2.05) is 0 Å². The van der Waals surface area contributed by atoms with Crippen LogP contribution in [-0.4, -0.2) is 13.2 Å². The molecule has 1 aromatic carbocycles.